The molecule has 0 aromatic carbocycles. The second-order valence-electron chi connectivity index (χ2n) is 4.34. The maximum absolute atomic E-state index is 12.1. The van der Waals surface area contributed by atoms with Gasteiger partial charge in [-0.2, -0.15) is 4.98 Å². The van der Waals surface area contributed by atoms with Crippen molar-refractivity contribution < 1.29 is 4.79 Å². The fourth-order valence-corrected chi connectivity index (χ4v) is 2.37. The molecule has 1 aromatic rings. The van der Waals surface area contributed by atoms with E-state index in [0.29, 0.717) is 16.4 Å². The van der Waals surface area contributed by atoms with E-state index < -0.39 is 0 Å². The van der Waals surface area contributed by atoms with E-state index in [9.17, 15) is 4.79 Å². The number of hydrogen-bond donors (Lipinski definition) is 2. The average molecular weight is 314 g/mol. The molecular weight excluding hydrogens is 298 g/mol. The monoisotopic (exact) mass is 313 g/mol. The molecule has 0 bridgehead atoms. The highest BCUT2D eigenvalue weighted by molar-refractivity contribution is 9.10. The molecule has 2 heterocycles. The van der Waals surface area contributed by atoms with Gasteiger partial charge in [-0.3, -0.25) is 4.79 Å². The van der Waals surface area contributed by atoms with Gasteiger partial charge in [0.15, 0.2) is 0 Å². The molecular formula is C11H16BrN5O. The highest BCUT2D eigenvalue weighted by Crippen LogP contribution is 2.14. The minimum Gasteiger partial charge on any atom is -0.383 e. The van der Waals surface area contributed by atoms with Gasteiger partial charge in [0.05, 0.1) is 0 Å². The summed E-state index contributed by atoms with van der Waals surface area (Å²) in [6.45, 7) is 3.49. The Hall–Kier alpha value is -1.37. The number of anilines is 2. The minimum absolute atomic E-state index is 0.0784. The van der Waals surface area contributed by atoms with Crippen LogP contribution >= 0.6 is 15.9 Å². The molecule has 2 rings (SSSR count). The molecule has 1 saturated heterocycles. The van der Waals surface area contributed by atoms with Crippen LogP contribution in [-0.2, 0) is 4.79 Å². The predicted molar refractivity (Wildman–Crippen MR) is 73.0 cm³/mol. The Morgan fingerprint density at radius 2 is 2.17 bits per heavy atom. The summed E-state index contributed by atoms with van der Waals surface area (Å²) >= 11 is 3.24. The largest absolute Gasteiger partial charge is 0.383 e. The topological polar surface area (TPSA) is 84.1 Å². The third kappa shape index (κ3) is 3.10. The zero-order valence-corrected chi connectivity index (χ0v) is 11.8. The molecule has 3 N–H and O–H groups in total. The smallest absolute Gasteiger partial charge is 0.244 e. The minimum atomic E-state index is -0.350. The summed E-state index contributed by atoms with van der Waals surface area (Å²) in [5.41, 5.74) is 5.62. The second-order valence-corrected chi connectivity index (χ2v) is 5.15. The molecule has 98 valence electrons. The van der Waals surface area contributed by atoms with Crippen LogP contribution in [0.5, 0.6) is 0 Å². The highest BCUT2D eigenvalue weighted by atomic mass is 79.9. The Morgan fingerprint density at radius 1 is 1.50 bits per heavy atom. The lowest BCUT2D eigenvalue weighted by Gasteiger charge is -2.21. The van der Waals surface area contributed by atoms with E-state index in [4.69, 9.17) is 5.73 Å². The van der Waals surface area contributed by atoms with E-state index in [0.717, 1.165) is 25.9 Å². The van der Waals surface area contributed by atoms with Gasteiger partial charge in [0, 0.05) is 19.2 Å². The van der Waals surface area contributed by atoms with Crippen LogP contribution in [0.2, 0.25) is 0 Å². The lowest BCUT2D eigenvalue weighted by Crippen LogP contribution is -2.40. The summed E-state index contributed by atoms with van der Waals surface area (Å²) < 4.78 is 0.596. The van der Waals surface area contributed by atoms with Crippen molar-refractivity contribution in [3.8, 4) is 0 Å². The fourth-order valence-electron chi connectivity index (χ4n) is 1.97. The van der Waals surface area contributed by atoms with E-state index in [1.54, 1.807) is 13.0 Å². The predicted octanol–water partition coefficient (Wildman–Crippen LogP) is 1.24. The van der Waals surface area contributed by atoms with Crippen molar-refractivity contribution >= 4 is 33.6 Å². The van der Waals surface area contributed by atoms with Gasteiger partial charge in [0.25, 0.3) is 0 Å². The third-order valence-electron chi connectivity index (χ3n) is 2.85. The molecule has 0 aliphatic carbocycles. The van der Waals surface area contributed by atoms with E-state index in [1.807, 2.05) is 4.90 Å². The zero-order chi connectivity index (χ0) is 13.1. The van der Waals surface area contributed by atoms with Crippen molar-refractivity contribution in [2.24, 2.45) is 0 Å². The second kappa shape index (κ2) is 5.51. The first-order valence-electron chi connectivity index (χ1n) is 5.91. The molecule has 1 fully saturated rings. The molecule has 6 nitrogen and oxygen atoms in total. The van der Waals surface area contributed by atoms with Gasteiger partial charge in [-0.25, -0.2) is 4.98 Å². The van der Waals surface area contributed by atoms with Crippen LogP contribution in [-0.4, -0.2) is 39.9 Å². The molecule has 1 aliphatic heterocycles. The van der Waals surface area contributed by atoms with E-state index >= 15 is 0 Å². The van der Waals surface area contributed by atoms with Gasteiger partial charge in [0.1, 0.15) is 16.5 Å². The van der Waals surface area contributed by atoms with Gasteiger partial charge in [-0.1, -0.05) is 0 Å². The average Bonchev–Trinajstić information content (AvgIpc) is 2.79. The van der Waals surface area contributed by atoms with Crippen LogP contribution in [0.3, 0.4) is 0 Å². The number of nitrogens with two attached hydrogens (primary N) is 1. The highest BCUT2D eigenvalue weighted by Gasteiger charge is 2.23. The number of carbonyl (C=O) groups is 1. The fraction of sp³-hybridized carbons (Fsp3) is 0.545. The number of aromatic nitrogens is 2. The van der Waals surface area contributed by atoms with Gasteiger partial charge >= 0.3 is 0 Å². The van der Waals surface area contributed by atoms with Crippen LogP contribution in [0, 0.1) is 0 Å². The van der Waals surface area contributed by atoms with Crippen molar-refractivity contribution in [2.75, 3.05) is 24.1 Å². The number of nitrogens with zero attached hydrogens (tertiary/aromatic N) is 3. The molecule has 18 heavy (non-hydrogen) atoms. The quantitative estimate of drug-likeness (QED) is 0.820. The number of nitrogens with one attached hydrogen (secondary N) is 1. The molecule has 1 aliphatic rings. The molecule has 1 aromatic heterocycles. The molecule has 1 atom stereocenters. The van der Waals surface area contributed by atoms with Crippen LogP contribution < -0.4 is 11.1 Å². The van der Waals surface area contributed by atoms with Crippen molar-refractivity contribution in [1.29, 1.82) is 0 Å². The molecule has 7 heteroatoms. The summed E-state index contributed by atoms with van der Waals surface area (Å²) in [7, 11) is 0. The number of amides is 1. The first-order chi connectivity index (χ1) is 8.56. The number of rotatable bonds is 3. The summed E-state index contributed by atoms with van der Waals surface area (Å²) in [6.07, 6.45) is 2.16. The van der Waals surface area contributed by atoms with Crippen LogP contribution in [0.15, 0.2) is 10.7 Å². The van der Waals surface area contributed by atoms with Gasteiger partial charge < -0.3 is 16.0 Å². The lowest BCUT2D eigenvalue weighted by molar-refractivity contribution is -0.130. The number of likely N-dealkylation sites (tertiary alicyclic amines) is 1. The number of nitrogen functional groups attached to an aromatic ring is 1. The Labute approximate surface area is 114 Å². The first kappa shape index (κ1) is 13.1. The van der Waals surface area contributed by atoms with E-state index in [-0.39, 0.29) is 11.9 Å². The van der Waals surface area contributed by atoms with Crippen molar-refractivity contribution in [3.05, 3.63) is 10.7 Å². The maximum Gasteiger partial charge on any atom is 0.244 e. The standard InChI is InChI=1S/C11H16BrN5O/c1-7(10(18)17-4-2-3-5-17)14-11-15-8(12)6-9(13)16-11/h6-7H,2-5H2,1H3,(H3,13,14,15,16). The summed E-state index contributed by atoms with van der Waals surface area (Å²) in [5, 5.41) is 2.98. The molecule has 0 radical (unpaired) electrons. The maximum atomic E-state index is 12.1. The van der Waals surface area contributed by atoms with Crippen LogP contribution in [0.4, 0.5) is 11.8 Å². The third-order valence-corrected chi connectivity index (χ3v) is 3.25. The van der Waals surface area contributed by atoms with Crippen LogP contribution in [0.25, 0.3) is 0 Å². The summed E-state index contributed by atoms with van der Waals surface area (Å²) in [5.74, 6) is 0.803. The van der Waals surface area contributed by atoms with Gasteiger partial charge in [-0.05, 0) is 35.7 Å². The molecule has 1 unspecified atom stereocenters. The molecule has 0 spiro atoms. The van der Waals surface area contributed by atoms with E-state index in [1.165, 1.54) is 0 Å². The number of carbonyl (C=O) groups excluding carboxylic acids is 1. The Kier molecular flexibility index (Phi) is 4.00. The summed E-state index contributed by atoms with van der Waals surface area (Å²) in [4.78, 5) is 22.1. The molecule has 0 saturated carbocycles. The Bertz CT molecular complexity index is 427. The zero-order valence-electron chi connectivity index (χ0n) is 10.2. The normalized spacial score (nSPS) is 16.7. The van der Waals surface area contributed by atoms with Crippen molar-refractivity contribution in [3.63, 3.8) is 0 Å². The number of halogens is 1. The molecule has 1 amide bonds. The van der Waals surface area contributed by atoms with Gasteiger partial charge in [-0.15, -0.1) is 0 Å². The van der Waals surface area contributed by atoms with Crippen molar-refractivity contribution in [2.45, 2.75) is 25.8 Å². The Morgan fingerprint density at radius 3 is 2.78 bits per heavy atom. The van der Waals surface area contributed by atoms with E-state index in [2.05, 4.69) is 31.2 Å². The summed E-state index contributed by atoms with van der Waals surface area (Å²) in [6, 6.07) is 1.26. The Balaban J connectivity index is 2.01. The van der Waals surface area contributed by atoms with Crippen molar-refractivity contribution in [1.82, 2.24) is 14.9 Å². The lowest BCUT2D eigenvalue weighted by atomic mass is 10.3. The first-order valence-corrected chi connectivity index (χ1v) is 6.71. The van der Waals surface area contributed by atoms with Gasteiger partial charge in [0.2, 0.25) is 11.9 Å². The number of hydrogen-bond acceptors (Lipinski definition) is 5. The van der Waals surface area contributed by atoms with Crippen LogP contribution in [0.1, 0.15) is 19.8 Å². The SMILES string of the molecule is CC(Nc1nc(N)cc(Br)n1)C(=O)N1CCCC1.